The van der Waals surface area contributed by atoms with Crippen LogP contribution in [0.2, 0.25) is 0 Å². The molecule has 0 aliphatic carbocycles. The molecule has 1 aromatic heterocycles. The van der Waals surface area contributed by atoms with Gasteiger partial charge in [-0.3, -0.25) is 14.9 Å². The van der Waals surface area contributed by atoms with E-state index in [2.05, 4.69) is 0 Å². The molecule has 0 amide bonds. The van der Waals surface area contributed by atoms with Crippen molar-refractivity contribution in [3.8, 4) is 6.07 Å². The summed E-state index contributed by atoms with van der Waals surface area (Å²) in [7, 11) is 0. The van der Waals surface area contributed by atoms with Crippen LogP contribution < -0.4 is 5.43 Å². The first-order chi connectivity index (χ1) is 7.47. The van der Waals surface area contributed by atoms with E-state index in [-0.39, 0.29) is 0 Å². The van der Waals surface area contributed by atoms with E-state index in [1.165, 1.54) is 0 Å². The number of alkyl halides is 2. The molecule has 0 unspecified atom stereocenters. The molecule has 84 valence electrons. The van der Waals surface area contributed by atoms with Gasteiger partial charge in [0.15, 0.2) is 0 Å². The third kappa shape index (κ3) is 2.20. The molecule has 0 saturated heterocycles. The van der Waals surface area contributed by atoms with Crippen molar-refractivity contribution in [1.82, 2.24) is 4.98 Å². The molecule has 6 nitrogen and oxygen atoms in total. The fourth-order valence-electron chi connectivity index (χ4n) is 1.15. The van der Waals surface area contributed by atoms with E-state index >= 15 is 0 Å². The monoisotopic (exact) mass is 229 g/mol. The quantitative estimate of drug-likeness (QED) is 0.623. The molecule has 0 saturated carbocycles. The second kappa shape index (κ2) is 4.48. The third-order valence-electron chi connectivity index (χ3n) is 1.77. The van der Waals surface area contributed by atoms with E-state index in [0.29, 0.717) is 6.07 Å². The lowest BCUT2D eigenvalue weighted by Gasteiger charge is -2.03. The second-order valence-electron chi connectivity index (χ2n) is 2.81. The van der Waals surface area contributed by atoms with Crippen LogP contribution in [-0.4, -0.2) is 9.91 Å². The minimum absolute atomic E-state index is 0.407. The first-order valence-corrected chi connectivity index (χ1v) is 4.03. The van der Waals surface area contributed by atoms with Crippen LogP contribution in [0.25, 0.3) is 0 Å². The van der Waals surface area contributed by atoms with Crippen molar-refractivity contribution in [2.75, 3.05) is 0 Å². The predicted octanol–water partition coefficient (Wildman–Crippen LogP) is 1.29. The molecule has 0 bridgehead atoms. The van der Waals surface area contributed by atoms with Gasteiger partial charge in [0.25, 0.3) is 11.9 Å². The molecule has 1 aromatic rings. The zero-order chi connectivity index (χ0) is 12.3. The van der Waals surface area contributed by atoms with Gasteiger partial charge in [-0.05, 0) is 0 Å². The standard InChI is InChI=1S/C8H5F2N3O3/c9-8(10)5-3-6(14)7(13(15)16)4(12-5)1-2-11/h3,8H,1H2,(H,12,14). The van der Waals surface area contributed by atoms with Gasteiger partial charge < -0.3 is 4.98 Å². The molecule has 1 N–H and O–H groups in total. The Morgan fingerprint density at radius 1 is 1.62 bits per heavy atom. The molecule has 0 aliphatic heterocycles. The summed E-state index contributed by atoms with van der Waals surface area (Å²) < 4.78 is 24.6. The van der Waals surface area contributed by atoms with Gasteiger partial charge in [0.2, 0.25) is 0 Å². The Labute approximate surface area is 87.3 Å². The molecule has 0 aromatic carbocycles. The SMILES string of the molecule is N#CCc1[nH]c(C(F)F)cc(=O)c1[N+](=O)[O-]. The molecule has 8 heteroatoms. The Hall–Kier alpha value is -2.30. The van der Waals surface area contributed by atoms with Gasteiger partial charge >= 0.3 is 5.69 Å². The van der Waals surface area contributed by atoms with E-state index in [1.54, 1.807) is 6.07 Å². The summed E-state index contributed by atoms with van der Waals surface area (Å²) in [6.45, 7) is 0. The summed E-state index contributed by atoms with van der Waals surface area (Å²) in [5, 5.41) is 18.9. The average molecular weight is 229 g/mol. The summed E-state index contributed by atoms with van der Waals surface area (Å²) in [5.41, 5.74) is -3.15. The molecule has 0 aliphatic rings. The van der Waals surface area contributed by atoms with Crippen molar-refractivity contribution < 1.29 is 13.7 Å². The fourth-order valence-corrected chi connectivity index (χ4v) is 1.15. The molecular formula is C8H5F2N3O3. The van der Waals surface area contributed by atoms with Crippen molar-refractivity contribution in [2.24, 2.45) is 0 Å². The summed E-state index contributed by atoms with van der Waals surface area (Å²) in [6, 6.07) is 2.02. The van der Waals surface area contributed by atoms with Crippen LogP contribution in [0.3, 0.4) is 0 Å². The Balaban J connectivity index is 3.47. The van der Waals surface area contributed by atoms with Gasteiger partial charge in [-0.2, -0.15) is 5.26 Å². The molecule has 1 heterocycles. The topological polar surface area (TPSA) is 99.8 Å². The van der Waals surface area contributed by atoms with Crippen LogP contribution in [0.4, 0.5) is 14.5 Å². The fraction of sp³-hybridized carbons (Fsp3) is 0.250. The highest BCUT2D eigenvalue weighted by atomic mass is 19.3. The van der Waals surface area contributed by atoms with Crippen LogP contribution in [0.15, 0.2) is 10.9 Å². The maximum Gasteiger partial charge on any atom is 0.336 e. The highest BCUT2D eigenvalue weighted by molar-refractivity contribution is 5.38. The lowest BCUT2D eigenvalue weighted by atomic mass is 10.2. The number of nitrogens with zero attached hydrogens (tertiary/aromatic N) is 2. The molecule has 0 radical (unpaired) electrons. The average Bonchev–Trinajstić information content (AvgIpc) is 2.16. The smallest absolute Gasteiger partial charge is 0.336 e. The van der Waals surface area contributed by atoms with Gasteiger partial charge in [-0.1, -0.05) is 0 Å². The van der Waals surface area contributed by atoms with Gasteiger partial charge in [-0.25, -0.2) is 8.78 Å². The molecule has 0 fully saturated rings. The van der Waals surface area contributed by atoms with Crippen molar-refractivity contribution in [2.45, 2.75) is 12.8 Å². The molecular weight excluding hydrogens is 224 g/mol. The highest BCUT2D eigenvalue weighted by Crippen LogP contribution is 2.19. The first-order valence-electron chi connectivity index (χ1n) is 4.03. The van der Waals surface area contributed by atoms with Crippen LogP contribution in [-0.2, 0) is 6.42 Å². The number of halogens is 2. The maximum atomic E-state index is 12.3. The number of aromatic nitrogens is 1. The van der Waals surface area contributed by atoms with Gasteiger partial charge in [0, 0.05) is 6.07 Å². The van der Waals surface area contributed by atoms with E-state index in [0.717, 1.165) is 0 Å². The minimum Gasteiger partial charge on any atom is -0.351 e. The third-order valence-corrected chi connectivity index (χ3v) is 1.77. The first kappa shape index (κ1) is 11.8. The van der Waals surface area contributed by atoms with Crippen LogP contribution in [0.5, 0.6) is 0 Å². The van der Waals surface area contributed by atoms with Crippen molar-refractivity contribution >= 4 is 5.69 Å². The molecule has 0 atom stereocenters. The number of aromatic amines is 1. The largest absolute Gasteiger partial charge is 0.351 e. The Bertz CT molecular complexity index is 518. The van der Waals surface area contributed by atoms with Crippen molar-refractivity contribution in [3.05, 3.63) is 37.8 Å². The number of nitro groups is 1. The normalized spacial score (nSPS) is 10.1. The highest BCUT2D eigenvalue weighted by Gasteiger charge is 2.22. The van der Waals surface area contributed by atoms with E-state index < -0.39 is 40.3 Å². The van der Waals surface area contributed by atoms with E-state index in [9.17, 15) is 23.7 Å². The van der Waals surface area contributed by atoms with E-state index in [4.69, 9.17) is 5.26 Å². The number of nitrogens with one attached hydrogen (secondary N) is 1. The minimum atomic E-state index is -2.95. The number of nitriles is 1. The van der Waals surface area contributed by atoms with Gasteiger partial charge in [0.1, 0.15) is 5.69 Å². The summed E-state index contributed by atoms with van der Waals surface area (Å²) in [4.78, 5) is 22.7. The Morgan fingerprint density at radius 3 is 2.69 bits per heavy atom. The Kier molecular flexibility index (Phi) is 3.30. The predicted molar refractivity (Wildman–Crippen MR) is 48.0 cm³/mol. The van der Waals surface area contributed by atoms with Crippen LogP contribution in [0.1, 0.15) is 17.8 Å². The lowest BCUT2D eigenvalue weighted by Crippen LogP contribution is -2.14. The summed E-state index contributed by atoms with van der Waals surface area (Å²) >= 11 is 0. The number of rotatable bonds is 3. The van der Waals surface area contributed by atoms with Crippen molar-refractivity contribution in [1.29, 1.82) is 5.26 Å². The van der Waals surface area contributed by atoms with Crippen LogP contribution in [0, 0.1) is 21.4 Å². The van der Waals surface area contributed by atoms with Gasteiger partial charge in [0.05, 0.1) is 23.1 Å². The zero-order valence-electron chi connectivity index (χ0n) is 7.74. The van der Waals surface area contributed by atoms with Crippen LogP contribution >= 0.6 is 0 Å². The number of hydrogen-bond donors (Lipinski definition) is 1. The summed E-state index contributed by atoms with van der Waals surface area (Å²) in [6.07, 6.45) is -3.46. The molecule has 1 rings (SSSR count). The maximum absolute atomic E-state index is 12.3. The second-order valence-corrected chi connectivity index (χ2v) is 2.81. The Morgan fingerprint density at radius 2 is 2.25 bits per heavy atom. The zero-order valence-corrected chi connectivity index (χ0v) is 7.74. The lowest BCUT2D eigenvalue weighted by molar-refractivity contribution is -0.387. The number of H-pyrrole nitrogens is 1. The number of hydrogen-bond acceptors (Lipinski definition) is 4. The van der Waals surface area contributed by atoms with Crippen molar-refractivity contribution in [3.63, 3.8) is 0 Å². The van der Waals surface area contributed by atoms with Gasteiger partial charge in [-0.15, -0.1) is 0 Å². The molecule has 16 heavy (non-hydrogen) atoms. The number of pyridine rings is 1. The van der Waals surface area contributed by atoms with E-state index in [1.807, 2.05) is 4.98 Å². The summed E-state index contributed by atoms with van der Waals surface area (Å²) in [5.74, 6) is 0. The molecule has 0 spiro atoms.